The van der Waals surface area contributed by atoms with Gasteiger partial charge in [0, 0.05) is 11.9 Å². The number of amides is 2. The zero-order valence-electron chi connectivity index (χ0n) is 16.0. The van der Waals surface area contributed by atoms with Gasteiger partial charge in [-0.3, -0.25) is 19.7 Å². The number of ether oxygens (including phenoxy) is 1. The van der Waals surface area contributed by atoms with Crippen molar-refractivity contribution in [2.24, 2.45) is 17.8 Å². The summed E-state index contributed by atoms with van der Waals surface area (Å²) in [4.78, 5) is 44.2. The third kappa shape index (κ3) is 2.36. The Hall–Kier alpha value is -2.93. The number of hydrogen-bond acceptors (Lipinski definition) is 5. The molecule has 2 aliphatic heterocycles. The van der Waals surface area contributed by atoms with Gasteiger partial charge in [-0.1, -0.05) is 32.0 Å². The summed E-state index contributed by atoms with van der Waals surface area (Å²) < 4.78 is 5.10. The second-order valence-electron chi connectivity index (χ2n) is 7.61. The van der Waals surface area contributed by atoms with Crippen molar-refractivity contribution >= 4 is 23.5 Å². The number of carbonyl (C=O) groups is 3. The van der Waals surface area contributed by atoms with Gasteiger partial charge in [0.2, 0.25) is 11.8 Å². The predicted molar refractivity (Wildman–Crippen MR) is 102 cm³/mol. The molecule has 2 N–H and O–H groups in total. The van der Waals surface area contributed by atoms with Gasteiger partial charge in [-0.05, 0) is 30.2 Å². The number of carbonyl (C=O) groups excluding carboxylic acids is 3. The maximum Gasteiger partial charge on any atom is 0.327 e. The van der Waals surface area contributed by atoms with E-state index >= 15 is 0 Å². The number of anilines is 1. The van der Waals surface area contributed by atoms with Crippen LogP contribution in [0.3, 0.4) is 0 Å². The first-order chi connectivity index (χ1) is 13.4. The van der Waals surface area contributed by atoms with Gasteiger partial charge in [0.25, 0.3) is 0 Å². The number of aromatic amines is 1. The molecule has 0 unspecified atom stereocenters. The van der Waals surface area contributed by atoms with E-state index in [4.69, 9.17) is 4.74 Å². The fourth-order valence-electron chi connectivity index (χ4n) is 4.70. The normalized spacial score (nSPS) is 29.4. The minimum Gasteiger partial charge on any atom is -0.468 e. The molecule has 0 radical (unpaired) electrons. The molecule has 146 valence electrons. The molecule has 4 atom stereocenters. The molecule has 28 heavy (non-hydrogen) atoms. The Balaban J connectivity index is 1.88. The van der Waals surface area contributed by atoms with Gasteiger partial charge in [-0.25, -0.2) is 4.90 Å². The van der Waals surface area contributed by atoms with Crippen molar-refractivity contribution in [3.05, 3.63) is 54.4 Å². The van der Waals surface area contributed by atoms with Crippen LogP contribution in [0, 0.1) is 17.8 Å². The Bertz CT molecular complexity index is 909. The van der Waals surface area contributed by atoms with Gasteiger partial charge >= 0.3 is 5.97 Å². The second kappa shape index (κ2) is 6.60. The highest BCUT2D eigenvalue weighted by Gasteiger charge is 2.70. The number of esters is 1. The molecule has 2 amide bonds. The molecule has 7 nitrogen and oxygen atoms in total. The Labute approximate surface area is 163 Å². The Kier molecular flexibility index (Phi) is 4.34. The van der Waals surface area contributed by atoms with Crippen LogP contribution in [0.2, 0.25) is 0 Å². The van der Waals surface area contributed by atoms with Gasteiger partial charge in [0.15, 0.2) is 0 Å². The summed E-state index contributed by atoms with van der Waals surface area (Å²) >= 11 is 0. The van der Waals surface area contributed by atoms with Crippen LogP contribution in [-0.4, -0.2) is 35.4 Å². The lowest BCUT2D eigenvalue weighted by Crippen LogP contribution is -2.59. The van der Waals surface area contributed by atoms with Gasteiger partial charge in [-0.15, -0.1) is 0 Å². The lowest BCUT2D eigenvalue weighted by atomic mass is 9.73. The summed E-state index contributed by atoms with van der Waals surface area (Å²) in [6.45, 7) is 3.72. The summed E-state index contributed by atoms with van der Waals surface area (Å²) in [5.74, 6) is -3.02. The monoisotopic (exact) mass is 381 g/mol. The Morgan fingerprint density at radius 1 is 1.11 bits per heavy atom. The number of nitrogens with one attached hydrogen (secondary N) is 2. The van der Waals surface area contributed by atoms with Crippen LogP contribution in [0.15, 0.2) is 48.7 Å². The fourth-order valence-corrected chi connectivity index (χ4v) is 4.70. The van der Waals surface area contributed by atoms with Crippen molar-refractivity contribution in [3.8, 4) is 0 Å². The summed E-state index contributed by atoms with van der Waals surface area (Å²) in [5.41, 5.74) is -0.0111. The van der Waals surface area contributed by atoms with Gasteiger partial charge in [0.1, 0.15) is 5.54 Å². The average molecular weight is 381 g/mol. The van der Waals surface area contributed by atoms with Crippen molar-refractivity contribution in [2.75, 3.05) is 12.0 Å². The van der Waals surface area contributed by atoms with Crippen molar-refractivity contribution < 1.29 is 19.1 Å². The zero-order valence-corrected chi connectivity index (χ0v) is 16.0. The highest BCUT2D eigenvalue weighted by atomic mass is 16.5. The first-order valence-corrected chi connectivity index (χ1v) is 9.35. The van der Waals surface area contributed by atoms with E-state index in [1.54, 1.807) is 30.5 Å². The third-order valence-electron chi connectivity index (χ3n) is 6.00. The smallest absolute Gasteiger partial charge is 0.327 e. The standard InChI is InChI=1S/C21H23N3O4/c1-12(2)21(20(27)28-3)16-15(17(23-21)14-10-7-11-22-14)18(25)24(19(16)26)13-8-5-4-6-9-13/h4-12,15-17,22-23H,1-3H3/t15-,16-,17+,21-/m1/s1. The fraction of sp³-hybridized carbons (Fsp3) is 0.381. The van der Waals surface area contributed by atoms with E-state index in [0.29, 0.717) is 5.69 Å². The van der Waals surface area contributed by atoms with E-state index in [-0.39, 0.29) is 17.7 Å². The Morgan fingerprint density at radius 3 is 2.39 bits per heavy atom. The molecule has 1 aromatic heterocycles. The minimum absolute atomic E-state index is 0.264. The number of imide groups is 1. The molecule has 0 aliphatic carbocycles. The van der Waals surface area contributed by atoms with Crippen LogP contribution in [0.25, 0.3) is 0 Å². The van der Waals surface area contributed by atoms with Crippen LogP contribution in [0.5, 0.6) is 0 Å². The molecule has 4 rings (SSSR count). The molecule has 7 heteroatoms. The van der Waals surface area contributed by atoms with Gasteiger partial charge < -0.3 is 9.72 Å². The molecule has 0 bridgehead atoms. The predicted octanol–water partition coefficient (Wildman–Crippen LogP) is 2.03. The van der Waals surface area contributed by atoms with E-state index in [0.717, 1.165) is 5.69 Å². The molecular formula is C21H23N3O4. The number of para-hydroxylation sites is 1. The number of methoxy groups -OCH3 is 1. The molecule has 2 fully saturated rings. The van der Waals surface area contributed by atoms with Crippen LogP contribution in [0.1, 0.15) is 25.6 Å². The van der Waals surface area contributed by atoms with Crippen molar-refractivity contribution in [1.29, 1.82) is 0 Å². The van der Waals surface area contributed by atoms with Crippen LogP contribution >= 0.6 is 0 Å². The van der Waals surface area contributed by atoms with Crippen molar-refractivity contribution in [2.45, 2.75) is 25.4 Å². The van der Waals surface area contributed by atoms with E-state index in [2.05, 4.69) is 10.3 Å². The topological polar surface area (TPSA) is 91.5 Å². The van der Waals surface area contributed by atoms with E-state index < -0.39 is 29.4 Å². The largest absolute Gasteiger partial charge is 0.468 e. The number of rotatable bonds is 4. The molecule has 1 aromatic carbocycles. The summed E-state index contributed by atoms with van der Waals surface area (Å²) in [6, 6.07) is 12.0. The van der Waals surface area contributed by atoms with Gasteiger partial charge in [-0.2, -0.15) is 0 Å². The first kappa shape index (κ1) is 18.4. The van der Waals surface area contributed by atoms with E-state index in [1.807, 2.05) is 32.0 Å². The second-order valence-corrected chi connectivity index (χ2v) is 7.61. The van der Waals surface area contributed by atoms with Crippen molar-refractivity contribution in [1.82, 2.24) is 10.3 Å². The molecule has 3 heterocycles. The lowest BCUT2D eigenvalue weighted by Gasteiger charge is -2.35. The quantitative estimate of drug-likeness (QED) is 0.625. The average Bonchev–Trinajstić information content (AvgIpc) is 3.39. The highest BCUT2D eigenvalue weighted by molar-refractivity contribution is 6.24. The molecule has 2 aromatic rings. The van der Waals surface area contributed by atoms with Crippen LogP contribution < -0.4 is 10.2 Å². The van der Waals surface area contributed by atoms with Crippen LogP contribution in [-0.2, 0) is 19.1 Å². The molecule has 0 spiro atoms. The summed E-state index contributed by atoms with van der Waals surface area (Å²) in [5, 5.41) is 3.32. The number of hydrogen-bond donors (Lipinski definition) is 2. The maximum absolute atomic E-state index is 13.5. The molecule has 0 saturated carbocycles. The molecular weight excluding hydrogens is 358 g/mol. The number of fused-ring (bicyclic) bond motifs is 1. The third-order valence-corrected chi connectivity index (χ3v) is 6.00. The Morgan fingerprint density at radius 2 is 1.82 bits per heavy atom. The first-order valence-electron chi connectivity index (χ1n) is 9.35. The van der Waals surface area contributed by atoms with Crippen LogP contribution in [0.4, 0.5) is 5.69 Å². The van der Waals surface area contributed by atoms with E-state index in [1.165, 1.54) is 12.0 Å². The zero-order chi connectivity index (χ0) is 20.1. The lowest BCUT2D eigenvalue weighted by molar-refractivity contribution is -0.154. The minimum atomic E-state index is -1.29. The van der Waals surface area contributed by atoms with E-state index in [9.17, 15) is 14.4 Å². The number of H-pyrrole nitrogens is 1. The maximum atomic E-state index is 13.5. The molecule has 2 aliphatic rings. The molecule has 2 saturated heterocycles. The summed E-state index contributed by atoms with van der Waals surface area (Å²) in [7, 11) is 1.31. The SMILES string of the molecule is COC(=O)[C@]1(C(C)C)N[C@@H](c2ccc[nH]2)[C@@H]2C(=O)N(c3ccccc3)C(=O)[C@@H]21. The van der Waals surface area contributed by atoms with Gasteiger partial charge in [0.05, 0.1) is 30.7 Å². The van der Waals surface area contributed by atoms with Crippen molar-refractivity contribution in [3.63, 3.8) is 0 Å². The number of nitrogens with zero attached hydrogens (tertiary/aromatic N) is 1. The highest BCUT2D eigenvalue weighted by Crippen LogP contribution is 2.52. The number of aromatic nitrogens is 1. The summed E-state index contributed by atoms with van der Waals surface area (Å²) in [6.07, 6.45) is 1.76. The number of benzene rings is 1.